The lowest BCUT2D eigenvalue weighted by atomic mass is 10.1. The normalized spacial score (nSPS) is 19.9. The van der Waals surface area contributed by atoms with Crippen molar-refractivity contribution in [2.75, 3.05) is 13.2 Å². The Morgan fingerprint density at radius 2 is 1.83 bits per heavy atom. The van der Waals surface area contributed by atoms with Crippen LogP contribution in [0, 0.1) is 11.8 Å². The average molecular weight is 435 g/mol. The van der Waals surface area contributed by atoms with Crippen molar-refractivity contribution in [3.63, 3.8) is 0 Å². The zero-order valence-corrected chi connectivity index (χ0v) is 21.9. The highest BCUT2D eigenvalue weighted by atomic mass is 28.4. The third kappa shape index (κ3) is 11.0. The van der Waals surface area contributed by atoms with Crippen LogP contribution in [0.2, 0.25) is 18.1 Å². The van der Waals surface area contributed by atoms with Crippen LogP contribution in [-0.2, 0) is 13.9 Å². The first-order valence-corrected chi connectivity index (χ1v) is 14.6. The van der Waals surface area contributed by atoms with Gasteiger partial charge in [0.15, 0.2) is 14.6 Å². The number of rotatable bonds is 11. The monoisotopic (exact) mass is 434 g/mol. The van der Waals surface area contributed by atoms with Gasteiger partial charge in [0.25, 0.3) is 0 Å². The van der Waals surface area contributed by atoms with Gasteiger partial charge in [-0.15, -0.1) is 5.92 Å². The zero-order valence-electron chi connectivity index (χ0n) is 20.9. The highest BCUT2D eigenvalue weighted by molar-refractivity contribution is 6.74. The summed E-state index contributed by atoms with van der Waals surface area (Å²) in [5.74, 6) is 6.36. The van der Waals surface area contributed by atoms with Gasteiger partial charge in [-0.05, 0) is 83.8 Å². The highest BCUT2D eigenvalue weighted by Gasteiger charge is 2.38. The van der Waals surface area contributed by atoms with E-state index in [0.29, 0.717) is 6.61 Å². The quantitative estimate of drug-likeness (QED) is 0.193. The standard InChI is InChI=1S/C26H46O3Si/c1-9-13-24(29-30(7,8)26(4,5)6)18-17-22(2)14-12-15-23(3)19-21-28-25-16-10-11-20-27-25/h14,19,24-25H,10-12,15-18,20-21H2,1-8H3/b22-14+,23-19+. The molecule has 0 aromatic rings. The molecule has 0 spiro atoms. The van der Waals surface area contributed by atoms with E-state index in [9.17, 15) is 0 Å². The van der Waals surface area contributed by atoms with Crippen LogP contribution in [0.4, 0.5) is 0 Å². The Kier molecular flexibility index (Phi) is 12.3. The molecule has 1 saturated heterocycles. The molecule has 0 amide bonds. The molecule has 1 fully saturated rings. The van der Waals surface area contributed by atoms with Crippen LogP contribution in [0.1, 0.15) is 86.5 Å². The maximum atomic E-state index is 6.53. The predicted octanol–water partition coefficient (Wildman–Crippen LogP) is 7.40. The Hall–Kier alpha value is -0.863. The summed E-state index contributed by atoms with van der Waals surface area (Å²) in [5.41, 5.74) is 2.81. The topological polar surface area (TPSA) is 27.7 Å². The Bertz CT molecular complexity index is 610. The van der Waals surface area contributed by atoms with Crippen molar-refractivity contribution in [2.24, 2.45) is 0 Å². The lowest BCUT2D eigenvalue weighted by molar-refractivity contribution is -0.155. The Morgan fingerprint density at radius 3 is 2.43 bits per heavy atom. The highest BCUT2D eigenvalue weighted by Crippen LogP contribution is 2.37. The van der Waals surface area contributed by atoms with Crippen LogP contribution in [-0.4, -0.2) is 33.9 Å². The van der Waals surface area contributed by atoms with E-state index in [0.717, 1.165) is 45.1 Å². The molecule has 1 rings (SSSR count). The summed E-state index contributed by atoms with van der Waals surface area (Å²) in [6.45, 7) is 19.3. The molecule has 0 aliphatic carbocycles. The van der Waals surface area contributed by atoms with Crippen molar-refractivity contribution < 1.29 is 13.9 Å². The maximum Gasteiger partial charge on any atom is 0.193 e. The van der Waals surface area contributed by atoms with Crippen molar-refractivity contribution in [3.05, 3.63) is 23.3 Å². The van der Waals surface area contributed by atoms with E-state index in [1.807, 2.05) is 6.92 Å². The molecule has 0 N–H and O–H groups in total. The Labute approximate surface area is 187 Å². The SMILES string of the molecule is CC#CC(CC/C(C)=C/CC/C(C)=C/COC1CCCCO1)O[Si](C)(C)C(C)(C)C. The first-order valence-electron chi connectivity index (χ1n) is 11.7. The Morgan fingerprint density at radius 1 is 1.13 bits per heavy atom. The van der Waals surface area contributed by atoms with Gasteiger partial charge in [0, 0.05) is 6.61 Å². The fourth-order valence-electron chi connectivity index (χ4n) is 3.10. The molecule has 3 nitrogen and oxygen atoms in total. The molecule has 1 heterocycles. The molecule has 1 aliphatic heterocycles. The molecule has 2 unspecified atom stereocenters. The molecule has 0 aromatic carbocycles. The average Bonchev–Trinajstić information content (AvgIpc) is 2.66. The number of hydrogen-bond acceptors (Lipinski definition) is 3. The fraction of sp³-hybridized carbons (Fsp3) is 0.769. The molecule has 0 saturated carbocycles. The molecule has 0 aromatic heterocycles. The summed E-state index contributed by atoms with van der Waals surface area (Å²) in [6.07, 6.45) is 12.2. The smallest absolute Gasteiger partial charge is 0.193 e. The van der Waals surface area contributed by atoms with E-state index in [-0.39, 0.29) is 17.4 Å². The number of hydrogen-bond donors (Lipinski definition) is 0. The van der Waals surface area contributed by atoms with E-state index < -0.39 is 8.32 Å². The largest absolute Gasteiger partial charge is 0.403 e. The first kappa shape index (κ1) is 27.2. The van der Waals surface area contributed by atoms with E-state index in [1.165, 1.54) is 17.6 Å². The summed E-state index contributed by atoms with van der Waals surface area (Å²) in [4.78, 5) is 0. The van der Waals surface area contributed by atoms with Crippen molar-refractivity contribution in [1.82, 2.24) is 0 Å². The summed E-state index contributed by atoms with van der Waals surface area (Å²) >= 11 is 0. The van der Waals surface area contributed by atoms with Gasteiger partial charge in [-0.3, -0.25) is 0 Å². The van der Waals surface area contributed by atoms with Crippen molar-refractivity contribution in [3.8, 4) is 11.8 Å². The summed E-state index contributed by atoms with van der Waals surface area (Å²) in [6, 6.07) is 0. The first-order chi connectivity index (χ1) is 14.0. The van der Waals surface area contributed by atoms with E-state index in [1.54, 1.807) is 0 Å². The van der Waals surface area contributed by atoms with Gasteiger partial charge in [0.05, 0.1) is 6.61 Å². The number of allylic oxidation sites excluding steroid dienone is 3. The number of ether oxygens (including phenoxy) is 2. The molecule has 30 heavy (non-hydrogen) atoms. The molecule has 4 heteroatoms. The summed E-state index contributed by atoms with van der Waals surface area (Å²) in [7, 11) is -1.79. The van der Waals surface area contributed by atoms with Crippen molar-refractivity contribution in [2.45, 2.75) is 117 Å². The summed E-state index contributed by atoms with van der Waals surface area (Å²) in [5, 5.41) is 0.211. The maximum absolute atomic E-state index is 6.53. The molecule has 0 bridgehead atoms. The van der Waals surface area contributed by atoms with Crippen LogP contribution in [0.15, 0.2) is 23.3 Å². The third-order valence-electron chi connectivity index (χ3n) is 6.23. The van der Waals surface area contributed by atoms with Crippen molar-refractivity contribution >= 4 is 8.32 Å². The van der Waals surface area contributed by atoms with Crippen molar-refractivity contribution in [1.29, 1.82) is 0 Å². The lowest BCUT2D eigenvalue weighted by Crippen LogP contribution is -2.43. The predicted molar refractivity (Wildman–Crippen MR) is 131 cm³/mol. The van der Waals surface area contributed by atoms with E-state index in [4.69, 9.17) is 13.9 Å². The minimum absolute atomic E-state index is 0.00218. The van der Waals surface area contributed by atoms with Crippen LogP contribution >= 0.6 is 0 Å². The second-order valence-corrected chi connectivity index (χ2v) is 14.8. The molecule has 2 atom stereocenters. The molecule has 172 valence electrons. The van der Waals surface area contributed by atoms with Gasteiger partial charge in [-0.25, -0.2) is 0 Å². The van der Waals surface area contributed by atoms with Gasteiger partial charge >= 0.3 is 0 Å². The Balaban J connectivity index is 2.38. The van der Waals surface area contributed by atoms with Crippen LogP contribution in [0.5, 0.6) is 0 Å². The lowest BCUT2D eigenvalue weighted by Gasteiger charge is -2.38. The fourth-order valence-corrected chi connectivity index (χ4v) is 4.35. The van der Waals surface area contributed by atoms with Gasteiger partial charge in [-0.1, -0.05) is 50.0 Å². The minimum atomic E-state index is -1.79. The summed E-state index contributed by atoms with van der Waals surface area (Å²) < 4.78 is 17.9. The van der Waals surface area contributed by atoms with Gasteiger partial charge in [0.2, 0.25) is 0 Å². The zero-order chi connectivity index (χ0) is 22.6. The van der Waals surface area contributed by atoms with Gasteiger partial charge < -0.3 is 13.9 Å². The van der Waals surface area contributed by atoms with Crippen LogP contribution in [0.25, 0.3) is 0 Å². The van der Waals surface area contributed by atoms with E-state index in [2.05, 4.69) is 71.7 Å². The molecule has 0 radical (unpaired) electrons. The van der Waals surface area contributed by atoms with Gasteiger partial charge in [-0.2, -0.15) is 0 Å². The second-order valence-electron chi connectivity index (χ2n) is 10.1. The third-order valence-corrected chi connectivity index (χ3v) is 10.7. The molecule has 1 aliphatic rings. The van der Waals surface area contributed by atoms with E-state index >= 15 is 0 Å². The minimum Gasteiger partial charge on any atom is -0.403 e. The van der Waals surface area contributed by atoms with Crippen LogP contribution in [0.3, 0.4) is 0 Å². The van der Waals surface area contributed by atoms with Gasteiger partial charge in [0.1, 0.15) is 6.10 Å². The molecular formula is C26H46O3Si. The molecular weight excluding hydrogens is 388 g/mol. The van der Waals surface area contributed by atoms with Crippen LogP contribution < -0.4 is 0 Å². The second kappa shape index (κ2) is 13.5.